The van der Waals surface area contributed by atoms with Crippen LogP contribution in [0.25, 0.3) is 21.5 Å². The predicted molar refractivity (Wildman–Crippen MR) is 164 cm³/mol. The molecule has 0 spiro atoms. The summed E-state index contributed by atoms with van der Waals surface area (Å²) in [6.07, 6.45) is 9.54. The maximum atomic E-state index is 4.26. The van der Waals surface area contributed by atoms with Gasteiger partial charge >= 0.3 is 0 Å². The van der Waals surface area contributed by atoms with E-state index in [2.05, 4.69) is 129 Å². The molecule has 6 rings (SSSR count). The van der Waals surface area contributed by atoms with Gasteiger partial charge in [0.05, 0.1) is 15.7 Å². The Hall–Kier alpha value is -3.58. The fourth-order valence-corrected chi connectivity index (χ4v) is 4.66. The molecule has 0 fully saturated rings. The lowest BCUT2D eigenvalue weighted by Gasteiger charge is -2.18. The molecule has 0 aliphatic carbocycles. The maximum absolute atomic E-state index is 4.26. The first kappa shape index (κ1) is 28.4. The Morgan fingerprint density at radius 1 is 0.641 bits per heavy atom. The standard InChI is InChI=1S/C11H14N2.C11H13NS.C10H13N3/c1-11(2,3)9-4-5-10-12-6-7-13(10)8-9;1-11(2,3)8-4-5-9-10(6-8)13-7-12-9;1-10(2,3)8-4-5-9-11-7-12-13(9)6-8/h4-8H,1-3H3;2*4-7H,1-3H3. The van der Waals surface area contributed by atoms with Gasteiger partial charge < -0.3 is 4.40 Å². The molecule has 0 N–H and O–H groups in total. The molecule has 204 valence electrons. The van der Waals surface area contributed by atoms with Crippen molar-refractivity contribution < 1.29 is 0 Å². The summed E-state index contributed by atoms with van der Waals surface area (Å²) < 4.78 is 5.15. The molecule has 7 heteroatoms. The van der Waals surface area contributed by atoms with E-state index in [1.807, 2.05) is 30.2 Å². The van der Waals surface area contributed by atoms with Crippen molar-refractivity contribution in [2.45, 2.75) is 78.6 Å². The van der Waals surface area contributed by atoms with Gasteiger partial charge in [0, 0.05) is 24.8 Å². The van der Waals surface area contributed by atoms with Crippen LogP contribution in [0.2, 0.25) is 0 Å². The van der Waals surface area contributed by atoms with E-state index in [9.17, 15) is 0 Å². The molecular formula is C32H40N6S. The minimum atomic E-state index is 0.167. The quantitative estimate of drug-likeness (QED) is 0.195. The zero-order valence-electron chi connectivity index (χ0n) is 24.6. The smallest absolute Gasteiger partial charge is 0.155 e. The summed E-state index contributed by atoms with van der Waals surface area (Å²) in [6, 6.07) is 14.8. The van der Waals surface area contributed by atoms with Crippen LogP contribution in [0.4, 0.5) is 0 Å². The second-order valence-corrected chi connectivity index (χ2v) is 13.8. The molecule has 0 aliphatic heterocycles. The third kappa shape index (κ3) is 7.09. The van der Waals surface area contributed by atoms with Crippen LogP contribution in [-0.4, -0.2) is 29.0 Å². The Morgan fingerprint density at radius 2 is 1.26 bits per heavy atom. The Labute approximate surface area is 235 Å². The molecule has 0 atom stereocenters. The highest BCUT2D eigenvalue weighted by atomic mass is 32.1. The van der Waals surface area contributed by atoms with Gasteiger partial charge in [-0.1, -0.05) is 80.5 Å². The van der Waals surface area contributed by atoms with E-state index in [1.165, 1.54) is 21.4 Å². The third-order valence-electron chi connectivity index (χ3n) is 6.59. The van der Waals surface area contributed by atoms with Gasteiger partial charge in [-0.15, -0.1) is 11.3 Å². The lowest BCUT2D eigenvalue weighted by Crippen LogP contribution is -2.12. The topological polar surface area (TPSA) is 60.4 Å². The number of fused-ring (bicyclic) bond motifs is 3. The van der Waals surface area contributed by atoms with Crippen LogP contribution in [0, 0.1) is 0 Å². The summed E-state index contributed by atoms with van der Waals surface area (Å²) in [7, 11) is 0. The van der Waals surface area contributed by atoms with E-state index in [0.717, 1.165) is 16.8 Å². The summed E-state index contributed by atoms with van der Waals surface area (Å²) in [4.78, 5) is 12.6. The molecule has 0 radical (unpaired) electrons. The normalized spacial score (nSPS) is 12.2. The first-order chi connectivity index (χ1) is 18.2. The van der Waals surface area contributed by atoms with E-state index in [-0.39, 0.29) is 16.2 Å². The van der Waals surface area contributed by atoms with Crippen LogP contribution < -0.4 is 0 Å². The maximum Gasteiger partial charge on any atom is 0.155 e. The molecular weight excluding hydrogens is 500 g/mol. The van der Waals surface area contributed by atoms with E-state index < -0.39 is 0 Å². The average molecular weight is 541 g/mol. The van der Waals surface area contributed by atoms with Gasteiger partial charge in [-0.3, -0.25) is 0 Å². The zero-order valence-corrected chi connectivity index (χ0v) is 25.4. The van der Waals surface area contributed by atoms with Crippen LogP contribution in [-0.2, 0) is 16.2 Å². The van der Waals surface area contributed by atoms with E-state index >= 15 is 0 Å². The van der Waals surface area contributed by atoms with Crippen molar-refractivity contribution >= 4 is 32.8 Å². The number of aromatic nitrogens is 6. The van der Waals surface area contributed by atoms with Crippen molar-refractivity contribution in [3.8, 4) is 0 Å². The van der Waals surface area contributed by atoms with Crippen molar-refractivity contribution in [2.24, 2.45) is 0 Å². The first-order valence-electron chi connectivity index (χ1n) is 13.3. The van der Waals surface area contributed by atoms with Crippen LogP contribution in [0.15, 0.2) is 79.1 Å². The van der Waals surface area contributed by atoms with Gasteiger partial charge in [-0.25, -0.2) is 19.5 Å². The van der Waals surface area contributed by atoms with Crippen LogP contribution in [0.5, 0.6) is 0 Å². The fraction of sp³-hybridized carbons (Fsp3) is 0.375. The summed E-state index contributed by atoms with van der Waals surface area (Å²) >= 11 is 1.71. The van der Waals surface area contributed by atoms with Crippen molar-refractivity contribution in [1.82, 2.24) is 29.0 Å². The molecule has 6 aromatic rings. The summed E-state index contributed by atoms with van der Waals surface area (Å²) in [5.41, 5.74) is 9.50. The van der Waals surface area contributed by atoms with Crippen LogP contribution in [0.3, 0.4) is 0 Å². The molecule has 0 saturated heterocycles. The highest BCUT2D eigenvalue weighted by molar-refractivity contribution is 7.16. The van der Waals surface area contributed by atoms with Crippen LogP contribution >= 0.6 is 11.3 Å². The van der Waals surface area contributed by atoms with Crippen LogP contribution in [0.1, 0.15) is 79.0 Å². The molecule has 0 bridgehead atoms. The molecule has 39 heavy (non-hydrogen) atoms. The van der Waals surface area contributed by atoms with Gasteiger partial charge in [-0.05, 0) is 57.2 Å². The summed E-state index contributed by atoms with van der Waals surface area (Å²) in [5.74, 6) is 0. The van der Waals surface area contributed by atoms with Gasteiger partial charge in [0.15, 0.2) is 5.65 Å². The minimum Gasteiger partial charge on any atom is -0.307 e. The average Bonchev–Trinajstić information content (AvgIpc) is 3.62. The Morgan fingerprint density at radius 3 is 1.92 bits per heavy atom. The number of pyridine rings is 2. The number of hydrogen-bond donors (Lipinski definition) is 0. The number of benzene rings is 1. The van der Waals surface area contributed by atoms with Gasteiger partial charge in [0.25, 0.3) is 0 Å². The third-order valence-corrected chi connectivity index (χ3v) is 7.38. The van der Waals surface area contributed by atoms with Crippen molar-refractivity contribution in [1.29, 1.82) is 0 Å². The minimum absolute atomic E-state index is 0.167. The number of nitrogens with zero attached hydrogens (tertiary/aromatic N) is 6. The Balaban J connectivity index is 0.000000136. The van der Waals surface area contributed by atoms with Crippen molar-refractivity contribution in [2.75, 3.05) is 0 Å². The van der Waals surface area contributed by atoms with Gasteiger partial charge in [0.1, 0.15) is 12.0 Å². The number of rotatable bonds is 0. The van der Waals surface area contributed by atoms with E-state index in [1.54, 1.807) is 22.2 Å². The first-order valence-corrected chi connectivity index (χ1v) is 14.2. The monoisotopic (exact) mass is 540 g/mol. The lowest BCUT2D eigenvalue weighted by molar-refractivity contribution is 0.584. The molecule has 0 unspecified atom stereocenters. The van der Waals surface area contributed by atoms with Gasteiger partial charge in [0.2, 0.25) is 0 Å². The largest absolute Gasteiger partial charge is 0.307 e. The molecule has 5 aromatic heterocycles. The van der Waals surface area contributed by atoms with Gasteiger partial charge in [-0.2, -0.15) is 5.10 Å². The molecule has 0 aliphatic rings. The number of imidazole rings is 1. The summed E-state index contributed by atoms with van der Waals surface area (Å²) in [5, 5.41) is 4.10. The zero-order chi connectivity index (χ0) is 28.4. The molecule has 0 amide bonds. The highest BCUT2D eigenvalue weighted by Crippen LogP contribution is 2.27. The molecule has 0 saturated carbocycles. The number of hydrogen-bond acceptors (Lipinski definition) is 5. The second kappa shape index (κ2) is 10.9. The predicted octanol–water partition coefficient (Wildman–Crippen LogP) is 8.25. The van der Waals surface area contributed by atoms with E-state index in [4.69, 9.17) is 0 Å². The molecule has 1 aromatic carbocycles. The fourth-order valence-electron chi connectivity index (χ4n) is 3.95. The summed E-state index contributed by atoms with van der Waals surface area (Å²) in [6.45, 7) is 19.9. The molecule has 5 heterocycles. The number of thiazole rings is 1. The van der Waals surface area contributed by atoms with Crippen molar-refractivity contribution in [3.63, 3.8) is 0 Å². The Bertz CT molecular complexity index is 1470. The second-order valence-electron chi connectivity index (χ2n) is 12.9. The molecule has 6 nitrogen and oxygen atoms in total. The lowest BCUT2D eigenvalue weighted by atomic mass is 9.87. The van der Waals surface area contributed by atoms with Crippen molar-refractivity contribution in [3.05, 3.63) is 95.8 Å². The Kier molecular flexibility index (Phi) is 7.94. The highest BCUT2D eigenvalue weighted by Gasteiger charge is 2.15. The SMILES string of the molecule is CC(C)(C)c1ccc2nccn2c1.CC(C)(C)c1ccc2ncnn2c1.CC(C)(C)c1ccc2ncsc2c1. The van der Waals surface area contributed by atoms with E-state index in [0.29, 0.717) is 0 Å².